The van der Waals surface area contributed by atoms with E-state index in [4.69, 9.17) is 10.5 Å². The van der Waals surface area contributed by atoms with Crippen LogP contribution < -0.4 is 15.8 Å². The highest BCUT2D eigenvalue weighted by molar-refractivity contribution is 7.89. The summed E-state index contributed by atoms with van der Waals surface area (Å²) in [6.45, 7) is 3.75. The minimum Gasteiger partial charge on any atom is -0.451 e. The van der Waals surface area contributed by atoms with Gasteiger partial charge in [0.1, 0.15) is 6.54 Å². The van der Waals surface area contributed by atoms with Crippen molar-refractivity contribution in [1.29, 1.82) is 0 Å². The van der Waals surface area contributed by atoms with Crippen LogP contribution >= 0.6 is 0 Å². The van der Waals surface area contributed by atoms with Crippen LogP contribution in [0.2, 0.25) is 0 Å². The van der Waals surface area contributed by atoms with Gasteiger partial charge in [-0.1, -0.05) is 26.0 Å². The van der Waals surface area contributed by atoms with Crippen molar-refractivity contribution in [2.75, 3.05) is 6.54 Å². The molecule has 0 fully saturated rings. The summed E-state index contributed by atoms with van der Waals surface area (Å²) in [7, 11) is -4.03. The van der Waals surface area contributed by atoms with Crippen molar-refractivity contribution in [3.05, 3.63) is 29.8 Å². The summed E-state index contributed by atoms with van der Waals surface area (Å²) in [5.41, 5.74) is 5.19. The monoisotopic (exact) mass is 399 g/mol. The third-order valence-electron chi connectivity index (χ3n) is 3.35. The zero-order chi connectivity index (χ0) is 20.8. The molecule has 0 saturated heterocycles. The Kier molecular flexibility index (Phi) is 7.61. The van der Waals surface area contributed by atoms with Crippen molar-refractivity contribution in [2.45, 2.75) is 31.8 Å². The molecular weight excluding hydrogens is 378 g/mol. The van der Waals surface area contributed by atoms with Gasteiger partial charge in [0.2, 0.25) is 10.0 Å². The van der Waals surface area contributed by atoms with Crippen molar-refractivity contribution >= 4 is 33.7 Å². The number of carbonyl (C=O) groups is 4. The van der Waals surface area contributed by atoms with Crippen molar-refractivity contribution < 1.29 is 32.3 Å². The lowest BCUT2D eigenvalue weighted by Gasteiger charge is -2.19. The van der Waals surface area contributed by atoms with Crippen molar-refractivity contribution in [2.24, 2.45) is 11.7 Å². The molecule has 0 heterocycles. The number of nitrogens with two attached hydrogens (primary N) is 1. The Labute approximate surface area is 156 Å². The van der Waals surface area contributed by atoms with Gasteiger partial charge in [-0.2, -0.15) is 4.72 Å². The molecule has 0 spiro atoms. The highest BCUT2D eigenvalue weighted by Gasteiger charge is 2.28. The lowest BCUT2D eigenvalue weighted by atomic mass is 10.1. The molecule has 0 bridgehead atoms. The van der Waals surface area contributed by atoms with Crippen LogP contribution in [0.1, 0.15) is 31.1 Å². The first-order valence-electron chi connectivity index (χ1n) is 7.84. The zero-order valence-corrected chi connectivity index (χ0v) is 15.8. The van der Waals surface area contributed by atoms with Crippen LogP contribution in [-0.4, -0.2) is 44.8 Å². The number of primary amides is 1. The predicted octanol–water partition coefficient (Wildman–Crippen LogP) is -0.0698. The molecule has 1 aromatic carbocycles. The van der Waals surface area contributed by atoms with Gasteiger partial charge in [0.05, 0.1) is 4.90 Å². The minimum absolute atomic E-state index is 0.146. The lowest BCUT2D eigenvalue weighted by molar-refractivity contribution is -0.157. The molecular formula is C16H21N3O7S. The van der Waals surface area contributed by atoms with Gasteiger partial charge in [-0.25, -0.2) is 13.2 Å². The highest BCUT2D eigenvalue weighted by atomic mass is 32.2. The molecule has 0 aliphatic heterocycles. The van der Waals surface area contributed by atoms with Gasteiger partial charge in [-0.3, -0.25) is 19.7 Å². The van der Waals surface area contributed by atoms with E-state index in [1.54, 1.807) is 19.2 Å². The van der Waals surface area contributed by atoms with E-state index in [9.17, 15) is 27.6 Å². The Hall–Kier alpha value is -2.79. The number of benzene rings is 1. The second-order valence-corrected chi connectivity index (χ2v) is 7.68. The molecule has 0 saturated carbocycles. The highest BCUT2D eigenvalue weighted by Crippen LogP contribution is 2.11. The molecule has 10 nitrogen and oxygen atoms in total. The number of Topliss-reactive ketones (excluding diaryl/α,β-unsaturated/α-hetero) is 1. The van der Waals surface area contributed by atoms with Crippen molar-refractivity contribution in [3.8, 4) is 0 Å². The van der Waals surface area contributed by atoms with Gasteiger partial charge in [0, 0.05) is 5.56 Å². The first-order valence-corrected chi connectivity index (χ1v) is 9.32. The van der Waals surface area contributed by atoms with Gasteiger partial charge in [-0.15, -0.1) is 0 Å². The average Bonchev–Trinajstić information content (AvgIpc) is 2.57. The normalized spacial score (nSPS) is 12.3. The number of ketones is 1. The summed E-state index contributed by atoms with van der Waals surface area (Å²) in [6.07, 6.45) is -1.32. The number of hydrogen-bond acceptors (Lipinski definition) is 7. The van der Waals surface area contributed by atoms with Crippen LogP contribution in [0.25, 0.3) is 0 Å². The zero-order valence-electron chi connectivity index (χ0n) is 15.0. The van der Waals surface area contributed by atoms with Gasteiger partial charge in [-0.05, 0) is 25.0 Å². The molecule has 1 atom stereocenters. The lowest BCUT2D eigenvalue weighted by Crippen LogP contribution is -2.46. The molecule has 0 aliphatic rings. The summed E-state index contributed by atoms with van der Waals surface area (Å²) in [5, 5.41) is 1.80. The molecule has 0 aromatic heterocycles. The number of esters is 1. The molecule has 11 heteroatoms. The summed E-state index contributed by atoms with van der Waals surface area (Å²) in [6, 6.07) is 4.04. The number of urea groups is 1. The largest absolute Gasteiger partial charge is 0.451 e. The summed E-state index contributed by atoms with van der Waals surface area (Å²) in [5.74, 6) is -2.63. The Morgan fingerprint density at radius 3 is 2.11 bits per heavy atom. The number of sulfonamides is 1. The van der Waals surface area contributed by atoms with E-state index in [0.29, 0.717) is 5.56 Å². The molecule has 0 aliphatic carbocycles. The maximum absolute atomic E-state index is 12.2. The van der Waals surface area contributed by atoms with E-state index < -0.39 is 46.5 Å². The fraction of sp³-hybridized carbons (Fsp3) is 0.375. The van der Waals surface area contributed by atoms with Crippen LogP contribution in [0.4, 0.5) is 4.79 Å². The molecule has 3 amide bonds. The fourth-order valence-corrected chi connectivity index (χ4v) is 2.94. The maximum Gasteiger partial charge on any atom is 0.321 e. The van der Waals surface area contributed by atoms with E-state index >= 15 is 0 Å². The number of nitrogens with one attached hydrogen (secondary N) is 2. The number of carbonyl (C=O) groups excluding carboxylic acids is 4. The maximum atomic E-state index is 12.2. The minimum atomic E-state index is -4.03. The second kappa shape index (κ2) is 9.24. The number of ether oxygens (including phenoxy) is 1. The quantitative estimate of drug-likeness (QED) is 0.407. The number of amides is 3. The number of rotatable bonds is 8. The van der Waals surface area contributed by atoms with E-state index in [-0.39, 0.29) is 10.7 Å². The van der Waals surface area contributed by atoms with Gasteiger partial charge in [0.15, 0.2) is 11.9 Å². The van der Waals surface area contributed by atoms with Gasteiger partial charge >= 0.3 is 12.0 Å². The molecule has 1 rings (SSSR count). The van der Waals surface area contributed by atoms with Crippen LogP contribution in [0.5, 0.6) is 0 Å². The summed E-state index contributed by atoms with van der Waals surface area (Å²) >= 11 is 0. The van der Waals surface area contributed by atoms with E-state index in [1.165, 1.54) is 31.2 Å². The fourth-order valence-electron chi connectivity index (χ4n) is 1.97. The second-order valence-electron chi connectivity index (χ2n) is 5.91. The summed E-state index contributed by atoms with van der Waals surface area (Å²) in [4.78, 5) is 45.5. The van der Waals surface area contributed by atoms with Crippen molar-refractivity contribution in [3.63, 3.8) is 0 Å². The SMILES string of the molecule is CC(=O)c1ccc(S(=O)(=O)NCC(=O)OC(C(=O)NC(N)=O)C(C)C)cc1. The van der Waals surface area contributed by atoms with E-state index in [2.05, 4.69) is 0 Å². The van der Waals surface area contributed by atoms with E-state index in [1.807, 2.05) is 4.72 Å². The number of imide groups is 1. The first kappa shape index (κ1) is 22.3. The Bertz CT molecular complexity index is 832. The summed E-state index contributed by atoms with van der Waals surface area (Å²) < 4.78 is 31.3. The molecule has 27 heavy (non-hydrogen) atoms. The van der Waals surface area contributed by atoms with Crippen molar-refractivity contribution in [1.82, 2.24) is 10.0 Å². The number of hydrogen-bond donors (Lipinski definition) is 3. The predicted molar refractivity (Wildman–Crippen MR) is 94.1 cm³/mol. The first-order chi connectivity index (χ1) is 12.4. The standard InChI is InChI=1S/C16H21N3O7S/c1-9(2)14(15(22)19-16(17)23)26-13(21)8-18-27(24,25)12-6-4-11(5-7-12)10(3)20/h4-7,9,14,18H,8H2,1-3H3,(H3,17,19,22,23). The van der Waals surface area contributed by atoms with E-state index in [0.717, 1.165) is 0 Å². The average molecular weight is 399 g/mol. The van der Waals surface area contributed by atoms with Crippen LogP contribution in [-0.2, 0) is 24.3 Å². The topological polar surface area (TPSA) is 162 Å². The Morgan fingerprint density at radius 2 is 1.67 bits per heavy atom. The van der Waals surface area contributed by atoms with Crippen LogP contribution in [0, 0.1) is 5.92 Å². The van der Waals surface area contributed by atoms with Gasteiger partial charge < -0.3 is 10.5 Å². The third kappa shape index (κ3) is 6.79. The van der Waals surface area contributed by atoms with Gasteiger partial charge in [0.25, 0.3) is 5.91 Å². The van der Waals surface area contributed by atoms with Crippen LogP contribution in [0.3, 0.4) is 0 Å². The molecule has 1 unspecified atom stereocenters. The smallest absolute Gasteiger partial charge is 0.321 e. The molecule has 4 N–H and O–H groups in total. The third-order valence-corrected chi connectivity index (χ3v) is 4.76. The molecule has 1 aromatic rings. The molecule has 148 valence electrons. The Morgan fingerprint density at radius 1 is 1.11 bits per heavy atom. The van der Waals surface area contributed by atoms with Crippen LogP contribution in [0.15, 0.2) is 29.2 Å². The Balaban J connectivity index is 2.74. The molecule has 0 radical (unpaired) electrons.